The minimum absolute atomic E-state index is 0.000143. The summed E-state index contributed by atoms with van der Waals surface area (Å²) in [6.07, 6.45) is 0. The molecular weight excluding hydrogens is 465 g/mol. The zero-order valence-electron chi connectivity index (χ0n) is 17.5. The van der Waals surface area contributed by atoms with Gasteiger partial charge in [0, 0.05) is 19.8 Å². The molecule has 2 aromatic carbocycles. The van der Waals surface area contributed by atoms with Crippen molar-refractivity contribution in [1.82, 2.24) is 9.03 Å². The van der Waals surface area contributed by atoms with Crippen LogP contribution in [-0.2, 0) is 34.4 Å². The summed E-state index contributed by atoms with van der Waals surface area (Å²) in [6, 6.07) is 8.88. The van der Waals surface area contributed by atoms with Crippen LogP contribution in [0.25, 0.3) is 0 Å². The number of carbonyl (C=O) groups excluding carboxylic acids is 2. The van der Waals surface area contributed by atoms with Gasteiger partial charge < -0.3 is 10.1 Å². The maximum absolute atomic E-state index is 13.6. The van der Waals surface area contributed by atoms with Crippen molar-refractivity contribution in [2.75, 3.05) is 32.6 Å². The van der Waals surface area contributed by atoms with Gasteiger partial charge in [0.05, 0.1) is 4.90 Å². The molecular formula is C19H22FN3O7S2. The number of rotatable bonds is 9. The van der Waals surface area contributed by atoms with Crippen LogP contribution in [-0.4, -0.2) is 60.3 Å². The van der Waals surface area contributed by atoms with Crippen LogP contribution in [0, 0.1) is 12.7 Å². The fourth-order valence-corrected chi connectivity index (χ4v) is 4.63. The van der Waals surface area contributed by atoms with Crippen molar-refractivity contribution in [1.29, 1.82) is 0 Å². The monoisotopic (exact) mass is 487 g/mol. The van der Waals surface area contributed by atoms with Crippen LogP contribution in [0.3, 0.4) is 0 Å². The molecule has 0 spiro atoms. The first kappa shape index (κ1) is 25.4. The molecule has 0 saturated heterocycles. The zero-order chi connectivity index (χ0) is 24.1. The lowest BCUT2D eigenvalue weighted by Gasteiger charge is -2.15. The van der Waals surface area contributed by atoms with Crippen LogP contribution in [0.1, 0.15) is 5.56 Å². The third kappa shape index (κ3) is 6.32. The van der Waals surface area contributed by atoms with E-state index in [0.29, 0.717) is 5.56 Å². The number of esters is 1. The number of nitrogens with one attached hydrogen (secondary N) is 2. The first-order valence-corrected chi connectivity index (χ1v) is 12.0. The second kappa shape index (κ2) is 10.2. The average molecular weight is 488 g/mol. The van der Waals surface area contributed by atoms with E-state index in [1.165, 1.54) is 44.4 Å². The van der Waals surface area contributed by atoms with Gasteiger partial charge in [-0.2, -0.15) is 4.72 Å². The van der Waals surface area contributed by atoms with E-state index in [0.717, 1.165) is 16.4 Å². The number of benzene rings is 2. The number of aryl methyl sites for hydroxylation is 1. The largest absolute Gasteiger partial charge is 0.455 e. The fraction of sp³-hybridized carbons (Fsp3) is 0.263. The minimum atomic E-state index is -4.29. The first-order valence-electron chi connectivity index (χ1n) is 9.07. The Morgan fingerprint density at radius 3 is 2.31 bits per heavy atom. The van der Waals surface area contributed by atoms with E-state index in [4.69, 9.17) is 4.74 Å². The van der Waals surface area contributed by atoms with Crippen LogP contribution in [0.4, 0.5) is 10.1 Å². The summed E-state index contributed by atoms with van der Waals surface area (Å²) >= 11 is 0. The fourth-order valence-electron chi connectivity index (χ4n) is 2.44. The van der Waals surface area contributed by atoms with Crippen molar-refractivity contribution in [2.24, 2.45) is 0 Å². The Hall–Kier alpha value is -2.87. The molecule has 0 unspecified atom stereocenters. The molecule has 2 aromatic rings. The smallest absolute Gasteiger partial charge is 0.321 e. The number of sulfonamides is 2. The van der Waals surface area contributed by atoms with Gasteiger partial charge in [-0.15, -0.1) is 0 Å². The van der Waals surface area contributed by atoms with Gasteiger partial charge in [-0.05, 0) is 36.8 Å². The van der Waals surface area contributed by atoms with Gasteiger partial charge in [-0.1, -0.05) is 18.2 Å². The van der Waals surface area contributed by atoms with Crippen molar-refractivity contribution in [3.05, 3.63) is 53.8 Å². The number of halogens is 1. The van der Waals surface area contributed by atoms with Gasteiger partial charge in [-0.25, -0.2) is 25.5 Å². The number of ether oxygens (including phenoxy) is 1. The minimum Gasteiger partial charge on any atom is -0.455 e. The van der Waals surface area contributed by atoms with Crippen LogP contribution in [0.15, 0.2) is 52.3 Å². The van der Waals surface area contributed by atoms with Gasteiger partial charge in [0.1, 0.15) is 17.3 Å². The summed E-state index contributed by atoms with van der Waals surface area (Å²) in [4.78, 5) is 23.2. The van der Waals surface area contributed by atoms with E-state index in [2.05, 4.69) is 5.32 Å². The summed E-state index contributed by atoms with van der Waals surface area (Å²) in [6.45, 7) is 0.0374. The van der Waals surface area contributed by atoms with Crippen molar-refractivity contribution in [3.8, 4) is 0 Å². The maximum atomic E-state index is 13.6. The molecule has 174 valence electrons. The van der Waals surface area contributed by atoms with Crippen molar-refractivity contribution in [2.45, 2.75) is 16.7 Å². The number of hydrogen-bond acceptors (Lipinski definition) is 7. The maximum Gasteiger partial charge on any atom is 0.321 e. The molecule has 2 N–H and O–H groups in total. The number of carbonyl (C=O) groups is 2. The van der Waals surface area contributed by atoms with Crippen LogP contribution in [0.2, 0.25) is 0 Å². The molecule has 0 saturated carbocycles. The van der Waals surface area contributed by atoms with Gasteiger partial charge in [0.25, 0.3) is 5.91 Å². The van der Waals surface area contributed by atoms with Crippen molar-refractivity contribution >= 4 is 37.6 Å². The van der Waals surface area contributed by atoms with E-state index in [-0.39, 0.29) is 10.6 Å². The zero-order valence-corrected chi connectivity index (χ0v) is 19.1. The Balaban J connectivity index is 1.93. The number of hydrogen-bond donors (Lipinski definition) is 2. The summed E-state index contributed by atoms with van der Waals surface area (Å²) < 4.78 is 70.0. The second-order valence-electron chi connectivity index (χ2n) is 6.73. The second-order valence-corrected chi connectivity index (χ2v) is 10.6. The third-order valence-electron chi connectivity index (χ3n) is 4.13. The van der Waals surface area contributed by atoms with E-state index in [1.807, 2.05) is 4.72 Å². The lowest BCUT2D eigenvalue weighted by atomic mass is 10.2. The molecule has 0 bridgehead atoms. The molecule has 10 nitrogen and oxygen atoms in total. The van der Waals surface area contributed by atoms with Gasteiger partial charge in [-0.3, -0.25) is 9.59 Å². The highest BCUT2D eigenvalue weighted by Gasteiger charge is 2.22. The van der Waals surface area contributed by atoms with Crippen molar-refractivity contribution in [3.63, 3.8) is 0 Å². The summed E-state index contributed by atoms with van der Waals surface area (Å²) in [5, 5.41) is 2.39. The molecule has 0 aliphatic heterocycles. The number of nitrogens with zero attached hydrogens (tertiary/aromatic N) is 1. The van der Waals surface area contributed by atoms with E-state index < -0.39 is 55.8 Å². The van der Waals surface area contributed by atoms with Gasteiger partial charge in [0.2, 0.25) is 20.0 Å². The highest BCUT2D eigenvalue weighted by molar-refractivity contribution is 7.89. The molecule has 1 amide bonds. The normalized spacial score (nSPS) is 11.9. The summed E-state index contributed by atoms with van der Waals surface area (Å²) in [5.41, 5.74) is 0.641. The molecule has 0 atom stereocenters. The molecule has 0 fully saturated rings. The molecule has 0 aromatic heterocycles. The Labute approximate surface area is 185 Å². The standard InChI is InChI=1S/C19H22FN3O7S2/c1-13-8-9-14(10-17(13)32(28,29)23(2)3)22-18(24)12-30-19(25)11-21-31(26,27)16-7-5-4-6-15(16)20/h4-10,21H,11-12H2,1-3H3,(H,22,24). The highest BCUT2D eigenvalue weighted by atomic mass is 32.2. The molecule has 13 heteroatoms. The molecule has 0 radical (unpaired) electrons. The molecule has 0 heterocycles. The molecule has 32 heavy (non-hydrogen) atoms. The van der Waals surface area contributed by atoms with Crippen molar-refractivity contribution < 1.29 is 35.6 Å². The van der Waals surface area contributed by atoms with Crippen LogP contribution < -0.4 is 10.0 Å². The summed E-state index contributed by atoms with van der Waals surface area (Å²) in [5.74, 6) is -2.83. The topological polar surface area (TPSA) is 139 Å². The Bertz CT molecular complexity index is 1230. The van der Waals surface area contributed by atoms with E-state index in [9.17, 15) is 30.8 Å². The summed E-state index contributed by atoms with van der Waals surface area (Å²) in [7, 11) is -5.27. The lowest BCUT2D eigenvalue weighted by molar-refractivity contribution is -0.146. The number of amides is 1. The lowest BCUT2D eigenvalue weighted by Crippen LogP contribution is -2.32. The SMILES string of the molecule is Cc1ccc(NC(=O)COC(=O)CNS(=O)(=O)c2ccccc2F)cc1S(=O)(=O)N(C)C. The van der Waals surface area contributed by atoms with Crippen LogP contribution >= 0.6 is 0 Å². The number of anilines is 1. The predicted octanol–water partition coefficient (Wildman–Crippen LogP) is 0.845. The first-order chi connectivity index (χ1) is 14.8. The van der Waals surface area contributed by atoms with Crippen LogP contribution in [0.5, 0.6) is 0 Å². The Morgan fingerprint density at radius 1 is 1.03 bits per heavy atom. The Kier molecular flexibility index (Phi) is 8.07. The highest BCUT2D eigenvalue weighted by Crippen LogP contribution is 2.22. The van der Waals surface area contributed by atoms with Gasteiger partial charge >= 0.3 is 5.97 Å². The molecule has 2 rings (SSSR count). The average Bonchev–Trinajstić information content (AvgIpc) is 2.72. The third-order valence-corrected chi connectivity index (χ3v) is 7.52. The van der Waals surface area contributed by atoms with Gasteiger partial charge in [0.15, 0.2) is 6.61 Å². The van der Waals surface area contributed by atoms with E-state index in [1.54, 1.807) is 6.92 Å². The quantitative estimate of drug-likeness (QED) is 0.500. The Morgan fingerprint density at radius 2 is 1.69 bits per heavy atom. The molecule has 0 aliphatic rings. The molecule has 0 aliphatic carbocycles. The van der Waals surface area contributed by atoms with E-state index >= 15 is 0 Å². The predicted molar refractivity (Wildman–Crippen MR) is 113 cm³/mol.